The second-order valence-corrected chi connectivity index (χ2v) is 7.91. The molecular formula is C22H24ClNO6. The van der Waals surface area contributed by atoms with Crippen LogP contribution in [0.5, 0.6) is 5.75 Å². The molecule has 1 aliphatic heterocycles. The van der Waals surface area contributed by atoms with Gasteiger partial charge >= 0.3 is 0 Å². The summed E-state index contributed by atoms with van der Waals surface area (Å²) in [4.78, 5) is 0. The van der Waals surface area contributed by atoms with Gasteiger partial charge in [0.1, 0.15) is 36.3 Å². The summed E-state index contributed by atoms with van der Waals surface area (Å²) < 4.78 is 13.0. The molecule has 0 spiro atoms. The lowest BCUT2D eigenvalue weighted by Gasteiger charge is -2.40. The summed E-state index contributed by atoms with van der Waals surface area (Å²) in [6, 6.07) is 13.1. The fraction of sp³-hybridized carbons (Fsp3) is 0.364. The Bertz CT molecular complexity index is 1020. The monoisotopic (exact) mass is 433 g/mol. The van der Waals surface area contributed by atoms with Gasteiger partial charge in [0.05, 0.1) is 13.7 Å². The number of hydrogen-bond donors (Lipinski definition) is 4. The highest BCUT2D eigenvalue weighted by atomic mass is 35.5. The largest absolute Gasteiger partial charge is 0.497 e. The molecule has 8 heteroatoms. The van der Waals surface area contributed by atoms with Crippen LogP contribution < -0.4 is 4.74 Å². The van der Waals surface area contributed by atoms with Crippen LogP contribution in [0, 0.1) is 0 Å². The highest BCUT2D eigenvalue weighted by molar-refractivity contribution is 6.31. The Kier molecular flexibility index (Phi) is 6.02. The Morgan fingerprint density at radius 3 is 2.43 bits per heavy atom. The number of benzene rings is 2. The van der Waals surface area contributed by atoms with Crippen LogP contribution in [0.2, 0.25) is 5.02 Å². The number of aliphatic hydroxyl groups is 4. The second-order valence-electron chi connectivity index (χ2n) is 7.47. The van der Waals surface area contributed by atoms with E-state index in [9.17, 15) is 20.4 Å². The maximum Gasteiger partial charge on any atom is 0.118 e. The third-order valence-electron chi connectivity index (χ3n) is 5.58. The first kappa shape index (κ1) is 21.1. The van der Waals surface area contributed by atoms with E-state index in [2.05, 4.69) is 0 Å². The topological polar surface area (TPSA) is 104 Å². The van der Waals surface area contributed by atoms with Gasteiger partial charge in [-0.1, -0.05) is 23.7 Å². The number of aromatic nitrogens is 1. The van der Waals surface area contributed by atoms with Crippen LogP contribution in [0.1, 0.15) is 17.2 Å². The van der Waals surface area contributed by atoms with Crippen LogP contribution in [0.4, 0.5) is 0 Å². The summed E-state index contributed by atoms with van der Waals surface area (Å²) in [5, 5.41) is 41.7. The minimum absolute atomic E-state index is 0.479. The minimum Gasteiger partial charge on any atom is -0.497 e. The van der Waals surface area contributed by atoms with Gasteiger partial charge < -0.3 is 34.5 Å². The number of ether oxygens (including phenoxy) is 2. The highest BCUT2D eigenvalue weighted by Gasteiger charge is 2.44. The van der Waals surface area contributed by atoms with E-state index < -0.39 is 37.1 Å². The quantitative estimate of drug-likeness (QED) is 0.489. The summed E-state index contributed by atoms with van der Waals surface area (Å²) >= 11 is 6.22. The highest BCUT2D eigenvalue weighted by Crippen LogP contribution is 2.38. The van der Waals surface area contributed by atoms with E-state index in [1.807, 2.05) is 41.1 Å². The number of halogens is 1. The fourth-order valence-corrected chi connectivity index (χ4v) is 4.11. The average Bonchev–Trinajstić information content (AvgIpc) is 3.10. The predicted octanol–water partition coefficient (Wildman–Crippen LogP) is 1.87. The Labute approximate surface area is 178 Å². The molecule has 1 fully saturated rings. The molecule has 1 aromatic heterocycles. The summed E-state index contributed by atoms with van der Waals surface area (Å²) in [6.45, 7) is 0.0756. The zero-order valence-electron chi connectivity index (χ0n) is 16.4. The van der Waals surface area contributed by atoms with E-state index in [1.54, 1.807) is 19.2 Å². The van der Waals surface area contributed by atoms with Crippen molar-refractivity contribution in [1.29, 1.82) is 0 Å². The number of rotatable bonds is 5. The predicted molar refractivity (Wildman–Crippen MR) is 112 cm³/mol. The van der Waals surface area contributed by atoms with Crippen LogP contribution in [-0.2, 0) is 11.3 Å². The van der Waals surface area contributed by atoms with Crippen LogP contribution in [-0.4, -0.2) is 63.1 Å². The average molecular weight is 434 g/mol. The van der Waals surface area contributed by atoms with Crippen molar-refractivity contribution < 1.29 is 29.9 Å². The Morgan fingerprint density at radius 2 is 1.77 bits per heavy atom. The van der Waals surface area contributed by atoms with Gasteiger partial charge in [-0.2, -0.15) is 0 Å². The van der Waals surface area contributed by atoms with Crippen molar-refractivity contribution in [2.24, 2.45) is 0 Å². The maximum atomic E-state index is 10.6. The van der Waals surface area contributed by atoms with Crippen molar-refractivity contribution in [3.8, 4) is 5.75 Å². The molecule has 2 aromatic carbocycles. The van der Waals surface area contributed by atoms with Crippen molar-refractivity contribution in [2.75, 3.05) is 13.7 Å². The number of aliphatic hydroxyl groups excluding tert-OH is 4. The zero-order valence-corrected chi connectivity index (χ0v) is 17.1. The van der Waals surface area contributed by atoms with Crippen molar-refractivity contribution in [3.05, 3.63) is 64.8 Å². The Balaban J connectivity index is 1.75. The lowest BCUT2D eigenvalue weighted by molar-refractivity contribution is -0.231. The van der Waals surface area contributed by atoms with Crippen LogP contribution in [0.3, 0.4) is 0 Å². The van der Waals surface area contributed by atoms with Gasteiger partial charge in [-0.25, -0.2) is 0 Å². The van der Waals surface area contributed by atoms with Crippen LogP contribution in [0.15, 0.2) is 48.7 Å². The molecule has 0 amide bonds. The van der Waals surface area contributed by atoms with E-state index in [4.69, 9.17) is 21.1 Å². The first-order valence-electron chi connectivity index (χ1n) is 9.64. The molecule has 1 saturated heterocycles. The van der Waals surface area contributed by atoms with Gasteiger partial charge in [-0.05, 0) is 35.9 Å². The van der Waals surface area contributed by atoms with E-state index in [0.29, 0.717) is 17.1 Å². The Morgan fingerprint density at radius 1 is 1.03 bits per heavy atom. The zero-order chi connectivity index (χ0) is 21.4. The van der Waals surface area contributed by atoms with Crippen molar-refractivity contribution in [1.82, 2.24) is 4.57 Å². The molecule has 2 heterocycles. The third-order valence-corrected chi connectivity index (χ3v) is 5.82. The molecule has 0 unspecified atom stereocenters. The standard InChI is InChI=1S/C22H24ClNO6/c1-29-14-5-2-12(3-6-14)9-24-10-16(15-8-13(23)4-7-17(15)24)22-21(28)20(27)19(26)18(11-25)30-22/h2-8,10,18-22,25-28H,9,11H2,1H3/t18-,19-,20+,21-,22+/m1/s1. The molecular weight excluding hydrogens is 410 g/mol. The third kappa shape index (κ3) is 3.80. The van der Waals surface area contributed by atoms with Gasteiger partial charge in [0.25, 0.3) is 0 Å². The van der Waals surface area contributed by atoms with Crippen LogP contribution in [0.25, 0.3) is 10.9 Å². The maximum absolute atomic E-state index is 10.6. The van der Waals surface area contributed by atoms with Gasteiger partial charge in [-0.3, -0.25) is 0 Å². The van der Waals surface area contributed by atoms with E-state index in [-0.39, 0.29) is 0 Å². The summed E-state index contributed by atoms with van der Waals surface area (Å²) in [5.74, 6) is 0.768. The van der Waals surface area contributed by atoms with Crippen LogP contribution >= 0.6 is 11.6 Å². The number of methoxy groups -OCH3 is 1. The van der Waals surface area contributed by atoms with Crippen molar-refractivity contribution >= 4 is 22.5 Å². The van der Waals surface area contributed by atoms with Gasteiger partial charge in [0, 0.05) is 34.2 Å². The molecule has 0 radical (unpaired) electrons. The number of hydrogen-bond acceptors (Lipinski definition) is 6. The molecule has 0 bridgehead atoms. The second kappa shape index (κ2) is 8.55. The molecule has 7 nitrogen and oxygen atoms in total. The number of fused-ring (bicyclic) bond motifs is 1. The Hall–Kier alpha value is -2.13. The molecule has 160 valence electrons. The summed E-state index contributed by atoms with van der Waals surface area (Å²) in [5.41, 5.74) is 2.54. The fourth-order valence-electron chi connectivity index (χ4n) is 3.94. The van der Waals surface area contributed by atoms with Gasteiger partial charge in [0.15, 0.2) is 0 Å². The van der Waals surface area contributed by atoms with Crippen molar-refractivity contribution in [3.63, 3.8) is 0 Å². The SMILES string of the molecule is COc1ccc(Cn2cc([C@@H]3O[C@H](CO)[C@@H](O)[C@H](O)[C@H]3O)c3cc(Cl)ccc32)cc1. The van der Waals surface area contributed by atoms with E-state index in [1.165, 1.54) is 0 Å². The molecule has 1 aliphatic rings. The van der Waals surface area contributed by atoms with E-state index >= 15 is 0 Å². The lowest BCUT2D eigenvalue weighted by Crippen LogP contribution is -2.55. The molecule has 0 aliphatic carbocycles. The van der Waals surface area contributed by atoms with Crippen molar-refractivity contribution in [2.45, 2.75) is 37.1 Å². The molecule has 3 aromatic rings. The summed E-state index contributed by atoms with van der Waals surface area (Å²) in [6.07, 6.45) is -4.27. The first-order chi connectivity index (χ1) is 14.4. The molecule has 4 N–H and O–H groups in total. The minimum atomic E-state index is -1.44. The van der Waals surface area contributed by atoms with E-state index in [0.717, 1.165) is 22.2 Å². The molecule has 5 atom stereocenters. The normalized spacial score (nSPS) is 26.8. The molecule has 30 heavy (non-hydrogen) atoms. The van der Waals surface area contributed by atoms with Gasteiger partial charge in [0.2, 0.25) is 0 Å². The molecule has 0 saturated carbocycles. The smallest absolute Gasteiger partial charge is 0.118 e. The molecule has 4 rings (SSSR count). The lowest BCUT2D eigenvalue weighted by atomic mass is 9.91. The van der Waals surface area contributed by atoms with Gasteiger partial charge in [-0.15, -0.1) is 0 Å². The first-order valence-corrected chi connectivity index (χ1v) is 10.0. The number of nitrogens with zero attached hydrogens (tertiary/aromatic N) is 1. The summed E-state index contributed by atoms with van der Waals surface area (Å²) in [7, 11) is 1.62.